The Morgan fingerprint density at radius 3 is 2.21 bits per heavy atom. The minimum atomic E-state index is -0.306. The molecule has 1 atom stereocenters. The smallest absolute Gasteiger partial charge is 0.232 e. The number of rotatable bonds is 6. The quantitative estimate of drug-likeness (QED) is 0.759. The van der Waals surface area contributed by atoms with Crippen LogP contribution in [0.3, 0.4) is 0 Å². The number of ether oxygens (including phenoxy) is 1. The summed E-state index contributed by atoms with van der Waals surface area (Å²) in [7, 11) is 0. The van der Waals surface area contributed by atoms with Crippen molar-refractivity contribution >= 4 is 5.91 Å². The molecule has 0 bridgehead atoms. The highest BCUT2D eigenvalue weighted by Gasteiger charge is 2.32. The molecule has 0 saturated heterocycles. The second kappa shape index (κ2) is 7.52. The third-order valence-corrected chi connectivity index (χ3v) is 4.57. The number of amides is 1. The van der Waals surface area contributed by atoms with E-state index in [2.05, 4.69) is 19.2 Å². The highest BCUT2D eigenvalue weighted by atomic mass is 16.5. The number of hydrogen-bond acceptors (Lipinski definition) is 2. The summed E-state index contributed by atoms with van der Waals surface area (Å²) in [5.41, 5.74) is 1.88. The monoisotopic (exact) mass is 323 g/mol. The predicted molar refractivity (Wildman–Crippen MR) is 96.5 cm³/mol. The van der Waals surface area contributed by atoms with Crippen LogP contribution in [0.5, 0.6) is 11.5 Å². The van der Waals surface area contributed by atoms with Crippen molar-refractivity contribution in [1.82, 2.24) is 5.32 Å². The Morgan fingerprint density at radius 2 is 1.62 bits per heavy atom. The Bertz CT molecular complexity index is 665. The lowest BCUT2D eigenvalue weighted by molar-refractivity contribution is -0.122. The zero-order valence-electron chi connectivity index (χ0n) is 14.4. The lowest BCUT2D eigenvalue weighted by Crippen LogP contribution is -2.37. The Kier molecular flexibility index (Phi) is 5.19. The van der Waals surface area contributed by atoms with E-state index in [0.29, 0.717) is 0 Å². The van der Waals surface area contributed by atoms with Gasteiger partial charge in [0.1, 0.15) is 11.5 Å². The Labute approximate surface area is 144 Å². The van der Waals surface area contributed by atoms with Crippen molar-refractivity contribution < 1.29 is 9.53 Å². The van der Waals surface area contributed by atoms with Crippen molar-refractivity contribution in [1.29, 1.82) is 0 Å². The number of hydrogen-bond donors (Lipinski definition) is 1. The van der Waals surface area contributed by atoms with Gasteiger partial charge in [0, 0.05) is 17.2 Å². The van der Waals surface area contributed by atoms with Crippen LogP contribution in [0, 0.1) is 0 Å². The number of carbonyl (C=O) groups is 1. The molecule has 0 aliphatic carbocycles. The molecular weight excluding hydrogens is 298 g/mol. The molecule has 2 aromatic rings. The summed E-state index contributed by atoms with van der Waals surface area (Å²) in [6, 6.07) is 15.8. The number of carbonyl (C=O) groups excluding carboxylic acids is 1. The Morgan fingerprint density at radius 1 is 1.04 bits per heavy atom. The maximum absolute atomic E-state index is 13.0. The van der Waals surface area contributed by atoms with Crippen LogP contribution in [0.2, 0.25) is 0 Å². The summed E-state index contributed by atoms with van der Waals surface area (Å²) < 4.78 is 5.96. The van der Waals surface area contributed by atoms with Gasteiger partial charge in [0.25, 0.3) is 0 Å². The molecule has 126 valence electrons. The first-order valence-electron chi connectivity index (χ1n) is 8.86. The van der Waals surface area contributed by atoms with E-state index in [4.69, 9.17) is 4.74 Å². The summed E-state index contributed by atoms with van der Waals surface area (Å²) >= 11 is 0. The first kappa shape index (κ1) is 16.6. The average molecular weight is 323 g/mol. The van der Waals surface area contributed by atoms with Crippen molar-refractivity contribution in [2.75, 3.05) is 0 Å². The molecule has 1 unspecified atom stereocenters. The Hall–Kier alpha value is -2.29. The number of unbranched alkanes of at least 4 members (excludes halogenated alkanes) is 2. The third kappa shape index (κ3) is 3.45. The van der Waals surface area contributed by atoms with Gasteiger partial charge in [0.05, 0.1) is 5.92 Å². The maximum Gasteiger partial charge on any atom is 0.232 e. The summed E-state index contributed by atoms with van der Waals surface area (Å²) in [4.78, 5) is 13.0. The topological polar surface area (TPSA) is 38.3 Å². The largest absolute Gasteiger partial charge is 0.457 e. The molecule has 0 spiro atoms. The average Bonchev–Trinajstić information content (AvgIpc) is 2.59. The van der Waals surface area contributed by atoms with Crippen LogP contribution in [-0.4, -0.2) is 11.9 Å². The van der Waals surface area contributed by atoms with Gasteiger partial charge in [-0.1, -0.05) is 62.6 Å². The zero-order valence-corrected chi connectivity index (χ0v) is 14.4. The van der Waals surface area contributed by atoms with Crippen molar-refractivity contribution in [2.24, 2.45) is 0 Å². The van der Waals surface area contributed by atoms with Gasteiger partial charge in [-0.3, -0.25) is 4.79 Å². The molecule has 3 heteroatoms. The molecular formula is C21H25NO2. The fraction of sp³-hybridized carbons (Fsp3) is 0.381. The summed E-state index contributed by atoms with van der Waals surface area (Å²) in [5.74, 6) is 1.30. The second-order valence-electron chi connectivity index (χ2n) is 6.52. The summed E-state index contributed by atoms with van der Waals surface area (Å²) in [6.07, 6.45) is 4.58. The molecule has 1 N–H and O–H groups in total. The third-order valence-electron chi connectivity index (χ3n) is 4.57. The molecule has 1 amide bonds. The van der Waals surface area contributed by atoms with E-state index in [9.17, 15) is 4.79 Å². The van der Waals surface area contributed by atoms with E-state index in [1.54, 1.807) is 0 Å². The van der Waals surface area contributed by atoms with E-state index in [1.807, 2.05) is 48.5 Å². The first-order chi connectivity index (χ1) is 11.7. The second-order valence-corrected chi connectivity index (χ2v) is 6.52. The molecule has 0 fully saturated rings. The van der Waals surface area contributed by atoms with E-state index < -0.39 is 0 Å². The minimum absolute atomic E-state index is 0.0576. The maximum atomic E-state index is 13.0. The molecule has 1 aliphatic rings. The highest BCUT2D eigenvalue weighted by molar-refractivity contribution is 5.89. The number of fused-ring (bicyclic) bond motifs is 2. The van der Waals surface area contributed by atoms with Crippen LogP contribution in [0.4, 0.5) is 0 Å². The van der Waals surface area contributed by atoms with E-state index >= 15 is 0 Å². The predicted octanol–water partition coefficient (Wildman–Crippen LogP) is 5.01. The zero-order chi connectivity index (χ0) is 16.9. The van der Waals surface area contributed by atoms with Crippen LogP contribution in [0.25, 0.3) is 0 Å². The molecule has 1 heterocycles. The van der Waals surface area contributed by atoms with Crippen molar-refractivity contribution in [3.05, 3.63) is 59.7 Å². The fourth-order valence-electron chi connectivity index (χ4n) is 3.29. The van der Waals surface area contributed by atoms with Crippen LogP contribution < -0.4 is 10.1 Å². The standard InChI is InChI=1S/C21H25NO2/c1-3-4-5-10-15(2)22-21(23)20-16-11-6-8-13-18(16)24-19-14-9-7-12-17(19)20/h6-9,11-15,20H,3-5,10H2,1-2H3,(H,22,23). The van der Waals surface area contributed by atoms with Crippen LogP contribution in [0.1, 0.15) is 56.6 Å². The van der Waals surface area contributed by atoms with Crippen molar-refractivity contribution in [3.8, 4) is 11.5 Å². The van der Waals surface area contributed by atoms with Gasteiger partial charge in [0.2, 0.25) is 5.91 Å². The molecule has 2 aromatic carbocycles. The van der Waals surface area contributed by atoms with Crippen LogP contribution >= 0.6 is 0 Å². The molecule has 24 heavy (non-hydrogen) atoms. The van der Waals surface area contributed by atoms with Gasteiger partial charge in [0.15, 0.2) is 0 Å². The lowest BCUT2D eigenvalue weighted by atomic mass is 9.87. The normalized spacial score (nSPS) is 14.2. The minimum Gasteiger partial charge on any atom is -0.457 e. The van der Waals surface area contributed by atoms with Gasteiger partial charge in [-0.15, -0.1) is 0 Å². The van der Waals surface area contributed by atoms with E-state index in [0.717, 1.165) is 35.5 Å². The van der Waals surface area contributed by atoms with Gasteiger partial charge < -0.3 is 10.1 Å². The van der Waals surface area contributed by atoms with Gasteiger partial charge in [-0.05, 0) is 25.5 Å². The molecule has 3 rings (SSSR count). The van der Waals surface area contributed by atoms with Crippen molar-refractivity contribution in [2.45, 2.75) is 51.5 Å². The van der Waals surface area contributed by atoms with Crippen LogP contribution in [-0.2, 0) is 4.79 Å². The number of para-hydroxylation sites is 2. The van der Waals surface area contributed by atoms with E-state index in [-0.39, 0.29) is 17.9 Å². The highest BCUT2D eigenvalue weighted by Crippen LogP contribution is 2.43. The van der Waals surface area contributed by atoms with Gasteiger partial charge >= 0.3 is 0 Å². The number of benzene rings is 2. The fourth-order valence-corrected chi connectivity index (χ4v) is 3.29. The molecule has 0 radical (unpaired) electrons. The summed E-state index contributed by atoms with van der Waals surface area (Å²) in [5, 5.41) is 3.20. The van der Waals surface area contributed by atoms with Crippen molar-refractivity contribution in [3.63, 3.8) is 0 Å². The Balaban J connectivity index is 1.83. The molecule has 0 aromatic heterocycles. The van der Waals surface area contributed by atoms with Gasteiger partial charge in [-0.25, -0.2) is 0 Å². The van der Waals surface area contributed by atoms with E-state index in [1.165, 1.54) is 12.8 Å². The van der Waals surface area contributed by atoms with Crippen LogP contribution in [0.15, 0.2) is 48.5 Å². The first-order valence-corrected chi connectivity index (χ1v) is 8.86. The molecule has 0 saturated carbocycles. The summed E-state index contributed by atoms with van der Waals surface area (Å²) in [6.45, 7) is 4.28. The van der Waals surface area contributed by atoms with Gasteiger partial charge in [-0.2, -0.15) is 0 Å². The SMILES string of the molecule is CCCCCC(C)NC(=O)C1c2ccccc2Oc2ccccc21. The molecule has 3 nitrogen and oxygen atoms in total. The lowest BCUT2D eigenvalue weighted by Gasteiger charge is -2.28. The number of nitrogens with one attached hydrogen (secondary N) is 1. The molecule has 1 aliphatic heterocycles.